The molecule has 3 aromatic rings. The lowest BCUT2D eigenvalue weighted by Crippen LogP contribution is -2.13. The summed E-state index contributed by atoms with van der Waals surface area (Å²) in [5.74, 6) is 3.71. The van der Waals surface area contributed by atoms with Gasteiger partial charge in [0, 0.05) is 23.1 Å². The molecule has 0 atom stereocenters. The zero-order valence-corrected chi connectivity index (χ0v) is 20.2. The summed E-state index contributed by atoms with van der Waals surface area (Å²) in [6.07, 6.45) is 3.21. The van der Waals surface area contributed by atoms with Crippen LogP contribution in [0.25, 0.3) is 11.8 Å². The van der Waals surface area contributed by atoms with Gasteiger partial charge in [-0.15, -0.1) is 0 Å². The molecule has 4 rings (SSSR count). The highest BCUT2D eigenvalue weighted by molar-refractivity contribution is 7.98. The van der Waals surface area contributed by atoms with Crippen molar-refractivity contribution in [2.75, 3.05) is 26.6 Å². The van der Waals surface area contributed by atoms with Crippen LogP contribution in [0.3, 0.4) is 0 Å². The molecule has 0 saturated heterocycles. The number of ether oxygens (including phenoxy) is 3. The number of methoxy groups -OCH3 is 3. The SMILES string of the molecule is COc1cc(C=CC(=O)Nc2c3c(nn2-c2cc(C)cc(C)c2)CSC3)cc(OC)c1OC. The summed E-state index contributed by atoms with van der Waals surface area (Å²) in [4.78, 5) is 12.9. The molecule has 0 bridgehead atoms. The third-order valence-electron chi connectivity index (χ3n) is 5.36. The Morgan fingerprint density at radius 1 is 1.00 bits per heavy atom. The van der Waals surface area contributed by atoms with Crippen molar-refractivity contribution in [2.24, 2.45) is 0 Å². The van der Waals surface area contributed by atoms with Crippen molar-refractivity contribution in [1.29, 1.82) is 0 Å². The normalized spacial score (nSPS) is 12.6. The first kappa shape index (κ1) is 22.8. The van der Waals surface area contributed by atoms with Crippen LogP contribution < -0.4 is 19.5 Å². The van der Waals surface area contributed by atoms with Crippen LogP contribution in [0.1, 0.15) is 27.9 Å². The van der Waals surface area contributed by atoms with E-state index in [4.69, 9.17) is 19.3 Å². The van der Waals surface area contributed by atoms with Crippen molar-refractivity contribution in [3.63, 3.8) is 0 Å². The van der Waals surface area contributed by atoms with Crippen LogP contribution in [0.4, 0.5) is 5.82 Å². The lowest BCUT2D eigenvalue weighted by Gasteiger charge is -2.13. The number of amides is 1. The van der Waals surface area contributed by atoms with Crippen molar-refractivity contribution in [3.8, 4) is 22.9 Å². The highest BCUT2D eigenvalue weighted by atomic mass is 32.2. The third-order valence-corrected chi connectivity index (χ3v) is 6.33. The predicted octanol–water partition coefficient (Wildman–Crippen LogP) is 4.91. The second kappa shape index (κ2) is 9.62. The van der Waals surface area contributed by atoms with Crippen molar-refractivity contribution in [1.82, 2.24) is 9.78 Å². The van der Waals surface area contributed by atoms with E-state index in [1.54, 1.807) is 51.3 Å². The molecule has 1 N–H and O–H groups in total. The Bertz CT molecular complexity index is 1190. The number of carbonyl (C=O) groups is 1. The van der Waals surface area contributed by atoms with Crippen molar-refractivity contribution in [2.45, 2.75) is 25.4 Å². The first-order chi connectivity index (χ1) is 15.9. The van der Waals surface area contributed by atoms with Gasteiger partial charge < -0.3 is 19.5 Å². The van der Waals surface area contributed by atoms with E-state index in [-0.39, 0.29) is 5.91 Å². The van der Waals surface area contributed by atoms with Gasteiger partial charge >= 0.3 is 0 Å². The maximum Gasteiger partial charge on any atom is 0.249 e. The van der Waals surface area contributed by atoms with Gasteiger partial charge in [0.15, 0.2) is 11.5 Å². The van der Waals surface area contributed by atoms with E-state index in [1.807, 2.05) is 4.68 Å². The molecule has 7 nitrogen and oxygen atoms in total. The second-order valence-corrected chi connectivity index (χ2v) is 8.79. The maximum absolute atomic E-state index is 12.9. The fourth-order valence-corrected chi connectivity index (χ4v) is 4.96. The molecule has 1 aromatic heterocycles. The Hall–Kier alpha value is -3.39. The molecule has 0 fully saturated rings. The highest BCUT2D eigenvalue weighted by Crippen LogP contribution is 2.39. The molecule has 0 aliphatic carbocycles. The molecule has 2 heterocycles. The van der Waals surface area contributed by atoms with E-state index in [1.165, 1.54) is 6.08 Å². The lowest BCUT2D eigenvalue weighted by atomic mass is 10.1. The molecule has 1 aliphatic heterocycles. The van der Waals surface area contributed by atoms with Gasteiger partial charge in [-0.1, -0.05) is 6.07 Å². The van der Waals surface area contributed by atoms with Crippen LogP contribution >= 0.6 is 11.8 Å². The van der Waals surface area contributed by atoms with Gasteiger partial charge in [-0.2, -0.15) is 16.9 Å². The largest absolute Gasteiger partial charge is 0.493 e. The smallest absolute Gasteiger partial charge is 0.249 e. The maximum atomic E-state index is 12.9. The Morgan fingerprint density at radius 3 is 2.27 bits per heavy atom. The minimum atomic E-state index is -0.242. The number of nitrogens with zero attached hydrogens (tertiary/aromatic N) is 2. The molecule has 1 aliphatic rings. The van der Waals surface area contributed by atoms with Crippen LogP contribution in [0, 0.1) is 13.8 Å². The lowest BCUT2D eigenvalue weighted by molar-refractivity contribution is -0.111. The summed E-state index contributed by atoms with van der Waals surface area (Å²) in [6.45, 7) is 4.11. The van der Waals surface area contributed by atoms with Crippen molar-refractivity contribution < 1.29 is 19.0 Å². The number of rotatable bonds is 7. The molecule has 8 heteroatoms. The molecule has 0 unspecified atom stereocenters. The topological polar surface area (TPSA) is 74.6 Å². The number of fused-ring (bicyclic) bond motifs is 1. The van der Waals surface area contributed by atoms with E-state index in [0.29, 0.717) is 17.2 Å². The van der Waals surface area contributed by atoms with Crippen molar-refractivity contribution in [3.05, 3.63) is 64.4 Å². The fourth-order valence-electron chi connectivity index (χ4n) is 3.93. The van der Waals surface area contributed by atoms with Gasteiger partial charge in [-0.3, -0.25) is 4.79 Å². The Balaban J connectivity index is 1.63. The monoisotopic (exact) mass is 465 g/mol. The predicted molar refractivity (Wildman–Crippen MR) is 132 cm³/mol. The second-order valence-electron chi connectivity index (χ2n) is 7.81. The number of nitrogens with one attached hydrogen (secondary N) is 1. The van der Waals surface area contributed by atoms with E-state index >= 15 is 0 Å². The number of thioether (sulfide) groups is 1. The molecule has 2 aromatic carbocycles. The average Bonchev–Trinajstić information content (AvgIpc) is 3.38. The average molecular weight is 466 g/mol. The summed E-state index contributed by atoms with van der Waals surface area (Å²) in [5, 5.41) is 7.84. The molecular weight excluding hydrogens is 438 g/mol. The quantitative estimate of drug-likeness (QED) is 0.500. The zero-order valence-electron chi connectivity index (χ0n) is 19.4. The van der Waals surface area contributed by atoms with E-state index in [9.17, 15) is 4.79 Å². The Labute approximate surface area is 197 Å². The van der Waals surface area contributed by atoms with Crippen molar-refractivity contribution >= 4 is 29.6 Å². The number of aromatic nitrogens is 2. The van der Waals surface area contributed by atoms with Crippen LogP contribution in [0.5, 0.6) is 17.2 Å². The molecule has 1 amide bonds. The van der Waals surface area contributed by atoms with Gasteiger partial charge in [0.1, 0.15) is 5.82 Å². The summed E-state index contributed by atoms with van der Waals surface area (Å²) < 4.78 is 18.0. The van der Waals surface area contributed by atoms with E-state index in [0.717, 1.165) is 51.0 Å². The molecule has 0 radical (unpaired) electrons. The Kier molecular flexibility index (Phi) is 6.65. The summed E-state index contributed by atoms with van der Waals surface area (Å²) in [7, 11) is 4.67. The van der Waals surface area contributed by atoms with Gasteiger partial charge in [0.2, 0.25) is 11.7 Å². The van der Waals surface area contributed by atoms with Crippen LogP contribution in [0.15, 0.2) is 36.4 Å². The minimum absolute atomic E-state index is 0.242. The number of aryl methyl sites for hydroxylation is 2. The number of benzene rings is 2. The molecule has 0 saturated carbocycles. The summed E-state index contributed by atoms with van der Waals surface area (Å²) >= 11 is 1.80. The minimum Gasteiger partial charge on any atom is -0.493 e. The first-order valence-corrected chi connectivity index (χ1v) is 11.6. The van der Waals surface area contributed by atoms with E-state index in [2.05, 4.69) is 37.4 Å². The molecular formula is C25H27N3O4S. The summed E-state index contributed by atoms with van der Waals surface area (Å²) in [5.41, 5.74) is 6.08. The molecule has 33 heavy (non-hydrogen) atoms. The van der Waals surface area contributed by atoms with Crippen LogP contribution in [-0.4, -0.2) is 37.0 Å². The van der Waals surface area contributed by atoms with E-state index < -0.39 is 0 Å². The number of anilines is 1. The van der Waals surface area contributed by atoms with Gasteiger partial charge in [0.25, 0.3) is 0 Å². The summed E-state index contributed by atoms with van der Waals surface area (Å²) in [6, 6.07) is 9.85. The van der Waals surface area contributed by atoms with Gasteiger partial charge in [0.05, 0.1) is 32.7 Å². The number of hydrogen-bond acceptors (Lipinski definition) is 6. The molecule has 0 spiro atoms. The third kappa shape index (κ3) is 4.71. The standard InChI is InChI=1S/C25H27N3O4S/c1-15-8-16(2)10-18(9-15)28-25(19-13-33-14-20(19)27-28)26-23(29)7-6-17-11-21(30-3)24(32-5)22(12-17)31-4/h6-12H,13-14H2,1-5H3,(H,26,29). The number of carbonyl (C=O) groups excluding carboxylic acids is 1. The van der Waals surface area contributed by atoms with Gasteiger partial charge in [-0.05, 0) is 60.9 Å². The molecule has 172 valence electrons. The van der Waals surface area contributed by atoms with Crippen LogP contribution in [0.2, 0.25) is 0 Å². The number of hydrogen-bond donors (Lipinski definition) is 1. The Morgan fingerprint density at radius 2 is 1.67 bits per heavy atom. The van der Waals surface area contributed by atoms with Crippen LogP contribution in [-0.2, 0) is 16.3 Å². The van der Waals surface area contributed by atoms with Gasteiger partial charge in [-0.25, -0.2) is 4.68 Å². The first-order valence-electron chi connectivity index (χ1n) is 10.5. The highest BCUT2D eigenvalue weighted by Gasteiger charge is 2.24. The zero-order chi connectivity index (χ0) is 23.5. The fraction of sp³-hybridized carbons (Fsp3) is 0.280.